The first kappa shape index (κ1) is 11.7. The highest BCUT2D eigenvalue weighted by atomic mass is 19.1. The van der Waals surface area contributed by atoms with E-state index in [-0.39, 0.29) is 5.82 Å². The first-order valence-corrected chi connectivity index (χ1v) is 6.72. The second-order valence-corrected chi connectivity index (χ2v) is 5.23. The summed E-state index contributed by atoms with van der Waals surface area (Å²) in [5.41, 5.74) is 2.13. The number of nitrogens with one attached hydrogen (secondary N) is 1. The summed E-state index contributed by atoms with van der Waals surface area (Å²) in [6.07, 6.45) is 5.22. The molecule has 0 radical (unpaired) electrons. The van der Waals surface area contributed by atoms with Gasteiger partial charge in [0.05, 0.1) is 5.52 Å². The van der Waals surface area contributed by atoms with Crippen molar-refractivity contribution in [1.29, 1.82) is 0 Å². The van der Waals surface area contributed by atoms with E-state index in [1.54, 1.807) is 6.07 Å². The van der Waals surface area contributed by atoms with Crippen molar-refractivity contribution in [3.63, 3.8) is 0 Å². The summed E-state index contributed by atoms with van der Waals surface area (Å²) in [5.74, 6) is -0.129. The molecule has 1 N–H and O–H groups in total. The van der Waals surface area contributed by atoms with Crippen LogP contribution in [0.25, 0.3) is 10.9 Å². The van der Waals surface area contributed by atoms with Crippen molar-refractivity contribution in [2.45, 2.75) is 38.3 Å². The summed E-state index contributed by atoms with van der Waals surface area (Å²) in [6.45, 7) is 0.829. The van der Waals surface area contributed by atoms with E-state index in [4.69, 9.17) is 0 Å². The number of hydrogen-bond donors (Lipinski definition) is 1. The lowest BCUT2D eigenvalue weighted by atomic mass is 10.2. The Hall–Kier alpha value is -1.35. The van der Waals surface area contributed by atoms with E-state index in [0.29, 0.717) is 6.04 Å². The zero-order valence-electron chi connectivity index (χ0n) is 10.7. The molecule has 96 valence electrons. The number of halogens is 1. The Bertz CT molecular complexity index is 553. The molecule has 3 heteroatoms. The van der Waals surface area contributed by atoms with Crippen LogP contribution in [0.15, 0.2) is 24.3 Å². The average Bonchev–Trinajstić information content (AvgIpc) is 2.97. The molecular weight excluding hydrogens is 227 g/mol. The highest BCUT2D eigenvalue weighted by molar-refractivity contribution is 5.81. The first-order chi connectivity index (χ1) is 8.75. The van der Waals surface area contributed by atoms with Gasteiger partial charge in [0, 0.05) is 30.7 Å². The van der Waals surface area contributed by atoms with Gasteiger partial charge in [-0.3, -0.25) is 0 Å². The van der Waals surface area contributed by atoms with E-state index in [9.17, 15) is 4.39 Å². The predicted molar refractivity (Wildman–Crippen MR) is 72.0 cm³/mol. The van der Waals surface area contributed by atoms with E-state index in [0.717, 1.165) is 23.1 Å². The molecule has 1 aliphatic rings. The van der Waals surface area contributed by atoms with E-state index in [2.05, 4.69) is 9.88 Å². The maximum atomic E-state index is 13.7. The molecule has 0 spiro atoms. The summed E-state index contributed by atoms with van der Waals surface area (Å²) in [5, 5.41) is 4.30. The lowest BCUT2D eigenvalue weighted by Crippen LogP contribution is -2.26. The number of nitrogens with zero attached hydrogens (tertiary/aromatic N) is 1. The molecule has 1 saturated carbocycles. The summed E-state index contributed by atoms with van der Waals surface area (Å²) in [6, 6.07) is 7.87. The van der Waals surface area contributed by atoms with Crippen molar-refractivity contribution in [1.82, 2.24) is 9.88 Å². The number of rotatable bonds is 3. The number of fused-ring (bicyclic) bond motifs is 1. The van der Waals surface area contributed by atoms with Gasteiger partial charge in [-0.1, -0.05) is 18.9 Å². The molecule has 2 aromatic rings. The lowest BCUT2D eigenvalue weighted by Gasteiger charge is -2.12. The first-order valence-electron chi connectivity index (χ1n) is 6.72. The van der Waals surface area contributed by atoms with Crippen LogP contribution in [0.5, 0.6) is 0 Å². The third-order valence-corrected chi connectivity index (χ3v) is 4.06. The standard InChI is InChI=1S/C15H19FN2/c1-18-12(10-17-11-5-2-3-6-11)9-13-14(16)7-4-8-15(13)18/h4,7-9,11,17H,2-3,5-6,10H2,1H3. The molecule has 0 aliphatic heterocycles. The van der Waals surface area contributed by atoms with Gasteiger partial charge in [-0.05, 0) is 31.0 Å². The van der Waals surface area contributed by atoms with Crippen LogP contribution in [-0.4, -0.2) is 10.6 Å². The Balaban J connectivity index is 1.83. The van der Waals surface area contributed by atoms with Gasteiger partial charge < -0.3 is 9.88 Å². The molecule has 0 saturated heterocycles. The molecule has 0 amide bonds. The predicted octanol–water partition coefficient (Wildman–Crippen LogP) is 3.35. The van der Waals surface area contributed by atoms with Crippen LogP contribution in [0.2, 0.25) is 0 Å². The average molecular weight is 246 g/mol. The van der Waals surface area contributed by atoms with Gasteiger partial charge in [0.15, 0.2) is 0 Å². The third-order valence-electron chi connectivity index (χ3n) is 4.06. The molecule has 0 atom stereocenters. The van der Waals surface area contributed by atoms with Gasteiger partial charge in [-0.2, -0.15) is 0 Å². The Kier molecular flexibility index (Phi) is 3.08. The molecule has 18 heavy (non-hydrogen) atoms. The number of benzene rings is 1. The summed E-state index contributed by atoms with van der Waals surface area (Å²) < 4.78 is 15.8. The van der Waals surface area contributed by atoms with Crippen molar-refractivity contribution in [2.75, 3.05) is 0 Å². The monoisotopic (exact) mass is 246 g/mol. The minimum absolute atomic E-state index is 0.129. The molecule has 1 aliphatic carbocycles. The fourth-order valence-corrected chi connectivity index (χ4v) is 2.93. The summed E-state index contributed by atoms with van der Waals surface area (Å²) in [7, 11) is 2.01. The van der Waals surface area contributed by atoms with Crippen molar-refractivity contribution in [2.24, 2.45) is 7.05 Å². The summed E-state index contributed by atoms with van der Waals surface area (Å²) in [4.78, 5) is 0. The Morgan fingerprint density at radius 3 is 2.83 bits per heavy atom. The van der Waals surface area contributed by atoms with Gasteiger partial charge in [0.2, 0.25) is 0 Å². The SMILES string of the molecule is Cn1c(CNC2CCCC2)cc2c(F)cccc21. The largest absolute Gasteiger partial charge is 0.346 e. The molecule has 2 nitrogen and oxygen atoms in total. The van der Waals surface area contributed by atoms with Crippen LogP contribution in [0.1, 0.15) is 31.4 Å². The third kappa shape index (κ3) is 2.03. The Morgan fingerprint density at radius 1 is 1.33 bits per heavy atom. The molecule has 1 fully saturated rings. The smallest absolute Gasteiger partial charge is 0.132 e. The molecule has 1 aromatic carbocycles. The Morgan fingerprint density at radius 2 is 2.11 bits per heavy atom. The van der Waals surface area contributed by atoms with Crippen LogP contribution >= 0.6 is 0 Å². The number of aromatic nitrogens is 1. The topological polar surface area (TPSA) is 17.0 Å². The minimum Gasteiger partial charge on any atom is -0.346 e. The van der Waals surface area contributed by atoms with Crippen molar-refractivity contribution in [3.05, 3.63) is 35.8 Å². The fraction of sp³-hybridized carbons (Fsp3) is 0.467. The minimum atomic E-state index is -0.129. The Labute approximate surface area is 107 Å². The van der Waals surface area contributed by atoms with E-state index in [1.807, 2.05) is 19.2 Å². The highest BCUT2D eigenvalue weighted by Gasteiger charge is 2.15. The fourth-order valence-electron chi connectivity index (χ4n) is 2.93. The molecular formula is C15H19FN2. The number of hydrogen-bond acceptors (Lipinski definition) is 1. The van der Waals surface area contributed by atoms with Crippen molar-refractivity contribution >= 4 is 10.9 Å². The van der Waals surface area contributed by atoms with Gasteiger partial charge in [-0.15, -0.1) is 0 Å². The second-order valence-electron chi connectivity index (χ2n) is 5.23. The van der Waals surface area contributed by atoms with Crippen LogP contribution in [-0.2, 0) is 13.6 Å². The maximum Gasteiger partial charge on any atom is 0.132 e. The molecule has 1 heterocycles. The van der Waals surface area contributed by atoms with Gasteiger partial charge in [0.25, 0.3) is 0 Å². The van der Waals surface area contributed by atoms with Crippen molar-refractivity contribution < 1.29 is 4.39 Å². The van der Waals surface area contributed by atoms with Gasteiger partial charge >= 0.3 is 0 Å². The number of aryl methyl sites for hydroxylation is 1. The van der Waals surface area contributed by atoms with Crippen molar-refractivity contribution in [3.8, 4) is 0 Å². The second kappa shape index (κ2) is 4.73. The molecule has 3 rings (SSSR count). The highest BCUT2D eigenvalue weighted by Crippen LogP contribution is 2.22. The maximum absolute atomic E-state index is 13.7. The van der Waals surface area contributed by atoms with E-state index >= 15 is 0 Å². The lowest BCUT2D eigenvalue weighted by molar-refractivity contribution is 0.514. The molecule has 0 bridgehead atoms. The quantitative estimate of drug-likeness (QED) is 0.878. The zero-order valence-corrected chi connectivity index (χ0v) is 10.7. The van der Waals surface area contributed by atoms with Crippen LogP contribution in [0.3, 0.4) is 0 Å². The van der Waals surface area contributed by atoms with E-state index < -0.39 is 0 Å². The van der Waals surface area contributed by atoms with Crippen LogP contribution < -0.4 is 5.32 Å². The molecule has 1 aromatic heterocycles. The van der Waals surface area contributed by atoms with Gasteiger partial charge in [0.1, 0.15) is 5.82 Å². The molecule has 0 unspecified atom stereocenters. The normalized spacial score (nSPS) is 16.8. The van der Waals surface area contributed by atoms with E-state index in [1.165, 1.54) is 31.7 Å². The summed E-state index contributed by atoms with van der Waals surface area (Å²) >= 11 is 0. The van der Waals surface area contributed by atoms with Crippen LogP contribution in [0, 0.1) is 5.82 Å². The van der Waals surface area contributed by atoms with Crippen LogP contribution in [0.4, 0.5) is 4.39 Å². The van der Waals surface area contributed by atoms with Gasteiger partial charge in [-0.25, -0.2) is 4.39 Å². The zero-order chi connectivity index (χ0) is 12.5.